The first-order valence-corrected chi connectivity index (χ1v) is 4.26. The van der Waals surface area contributed by atoms with Crippen LogP contribution in [0.1, 0.15) is 17.7 Å². The van der Waals surface area contributed by atoms with Crippen molar-refractivity contribution in [1.29, 1.82) is 0 Å². The van der Waals surface area contributed by atoms with Gasteiger partial charge in [-0.25, -0.2) is 13.8 Å². The quantitative estimate of drug-likeness (QED) is 0.608. The number of nitrogens with zero attached hydrogens (tertiary/aromatic N) is 2. The molecule has 0 spiro atoms. The molecule has 7 nitrogen and oxygen atoms in total. The second-order valence-corrected chi connectivity index (χ2v) is 3.06. The van der Waals surface area contributed by atoms with Crippen molar-refractivity contribution in [2.24, 2.45) is 0 Å². The highest BCUT2D eigenvalue weighted by molar-refractivity contribution is 5.73. The molecule has 0 aliphatic heterocycles. The molecule has 17 heavy (non-hydrogen) atoms. The predicted molar refractivity (Wildman–Crippen MR) is 51.6 cm³/mol. The zero-order valence-corrected chi connectivity index (χ0v) is 8.26. The first kappa shape index (κ1) is 12.7. The van der Waals surface area contributed by atoms with Gasteiger partial charge in [-0.1, -0.05) is 0 Å². The molecule has 1 aromatic rings. The number of carboxylic acids is 1. The van der Waals surface area contributed by atoms with Gasteiger partial charge in [-0.05, 0) is 0 Å². The zero-order valence-electron chi connectivity index (χ0n) is 8.26. The maximum atomic E-state index is 12.6. The summed E-state index contributed by atoms with van der Waals surface area (Å²) in [6.45, 7) is 0. The summed E-state index contributed by atoms with van der Waals surface area (Å²) in [6.07, 6.45) is -4.05. The number of rotatable bonds is 4. The lowest BCUT2D eigenvalue weighted by atomic mass is 10.1. The van der Waals surface area contributed by atoms with Crippen molar-refractivity contribution in [3.05, 3.63) is 27.4 Å². The highest BCUT2D eigenvalue weighted by Gasteiger charge is 2.27. The number of nitro groups is 1. The molecular weight excluding hydrogens is 240 g/mol. The Morgan fingerprint density at radius 2 is 2.24 bits per heavy atom. The number of nitrogen functional groups attached to an aromatic ring is 1. The van der Waals surface area contributed by atoms with E-state index in [1.807, 2.05) is 0 Å². The van der Waals surface area contributed by atoms with E-state index in [0.29, 0.717) is 0 Å². The van der Waals surface area contributed by atoms with Gasteiger partial charge in [0, 0.05) is 0 Å². The van der Waals surface area contributed by atoms with Crippen LogP contribution in [0.25, 0.3) is 0 Å². The molecule has 0 bridgehead atoms. The van der Waals surface area contributed by atoms with Crippen LogP contribution in [-0.4, -0.2) is 21.0 Å². The third kappa shape index (κ3) is 2.83. The average molecular weight is 247 g/mol. The molecule has 0 atom stereocenters. The number of aliphatic carboxylic acids is 1. The van der Waals surface area contributed by atoms with Crippen LogP contribution in [0.3, 0.4) is 0 Å². The minimum absolute atomic E-state index is 0.457. The Morgan fingerprint density at radius 1 is 1.65 bits per heavy atom. The Labute approximate surface area is 93.0 Å². The number of carbonyl (C=O) groups is 1. The van der Waals surface area contributed by atoms with E-state index >= 15 is 0 Å². The molecule has 3 N–H and O–H groups in total. The lowest BCUT2D eigenvalue weighted by molar-refractivity contribution is -0.385. The van der Waals surface area contributed by atoms with E-state index in [0.717, 1.165) is 6.07 Å². The maximum absolute atomic E-state index is 12.6. The monoisotopic (exact) mass is 247 g/mol. The van der Waals surface area contributed by atoms with E-state index < -0.39 is 46.5 Å². The molecule has 0 unspecified atom stereocenters. The highest BCUT2D eigenvalue weighted by Crippen LogP contribution is 2.30. The van der Waals surface area contributed by atoms with Crippen molar-refractivity contribution < 1.29 is 23.6 Å². The van der Waals surface area contributed by atoms with Crippen LogP contribution in [0.5, 0.6) is 0 Å². The van der Waals surface area contributed by atoms with Gasteiger partial charge >= 0.3 is 5.97 Å². The van der Waals surface area contributed by atoms with Crippen LogP contribution in [0.2, 0.25) is 0 Å². The normalized spacial score (nSPS) is 10.5. The number of carboxylic acid groups (broad SMARTS) is 1. The van der Waals surface area contributed by atoms with Crippen LogP contribution in [0, 0.1) is 10.1 Å². The van der Waals surface area contributed by atoms with Crippen LogP contribution < -0.4 is 5.73 Å². The second-order valence-electron chi connectivity index (χ2n) is 3.06. The number of anilines is 1. The third-order valence-electron chi connectivity index (χ3n) is 1.88. The van der Waals surface area contributed by atoms with Crippen molar-refractivity contribution >= 4 is 17.5 Å². The molecule has 0 fully saturated rings. The van der Waals surface area contributed by atoms with Gasteiger partial charge in [-0.15, -0.1) is 0 Å². The topological polar surface area (TPSA) is 119 Å². The molecule has 1 heterocycles. The number of hydrogen-bond acceptors (Lipinski definition) is 5. The number of pyridine rings is 1. The van der Waals surface area contributed by atoms with E-state index in [9.17, 15) is 23.7 Å². The molecule has 0 aliphatic carbocycles. The third-order valence-corrected chi connectivity index (χ3v) is 1.88. The van der Waals surface area contributed by atoms with Crippen molar-refractivity contribution in [2.75, 3.05) is 5.73 Å². The van der Waals surface area contributed by atoms with E-state index in [-0.39, 0.29) is 0 Å². The Balaban J connectivity index is 3.46. The molecule has 0 saturated carbocycles. The first-order valence-electron chi connectivity index (χ1n) is 4.26. The van der Waals surface area contributed by atoms with Gasteiger partial charge in [0.2, 0.25) is 0 Å². The van der Waals surface area contributed by atoms with Crippen LogP contribution in [-0.2, 0) is 11.2 Å². The fraction of sp³-hybridized carbons (Fsp3) is 0.250. The van der Waals surface area contributed by atoms with Crippen molar-refractivity contribution in [3.63, 3.8) is 0 Å². The molecule has 0 amide bonds. The van der Waals surface area contributed by atoms with Crippen LogP contribution in [0.15, 0.2) is 6.07 Å². The summed E-state index contributed by atoms with van der Waals surface area (Å²) in [5.41, 5.74) is 2.76. The Bertz CT molecular complexity index is 478. The molecule has 9 heteroatoms. The Morgan fingerprint density at radius 3 is 2.65 bits per heavy atom. The smallest absolute Gasteiger partial charge is 0.308 e. The number of aromatic nitrogens is 1. The number of nitrogens with two attached hydrogens (primary N) is 1. The molecule has 0 radical (unpaired) electrons. The van der Waals surface area contributed by atoms with Crippen molar-refractivity contribution in [2.45, 2.75) is 12.8 Å². The van der Waals surface area contributed by atoms with Gasteiger partial charge in [0.25, 0.3) is 12.1 Å². The minimum Gasteiger partial charge on any atom is -0.481 e. The fourth-order valence-electron chi connectivity index (χ4n) is 1.27. The summed E-state index contributed by atoms with van der Waals surface area (Å²) in [7, 11) is 0. The lowest BCUT2D eigenvalue weighted by Crippen LogP contribution is -2.11. The van der Waals surface area contributed by atoms with Gasteiger partial charge < -0.3 is 10.8 Å². The van der Waals surface area contributed by atoms with E-state index in [2.05, 4.69) is 4.98 Å². The Hall–Kier alpha value is -2.32. The molecular formula is C8H7F2N3O4. The van der Waals surface area contributed by atoms with Gasteiger partial charge in [-0.2, -0.15) is 0 Å². The summed E-state index contributed by atoms with van der Waals surface area (Å²) < 4.78 is 25.1. The van der Waals surface area contributed by atoms with Gasteiger partial charge in [0.15, 0.2) is 0 Å². The maximum Gasteiger partial charge on any atom is 0.308 e. The Kier molecular flexibility index (Phi) is 3.51. The van der Waals surface area contributed by atoms with E-state index in [4.69, 9.17) is 10.8 Å². The summed E-state index contributed by atoms with van der Waals surface area (Å²) in [5, 5.41) is 19.1. The van der Waals surface area contributed by atoms with Gasteiger partial charge in [0.1, 0.15) is 11.5 Å². The zero-order chi connectivity index (χ0) is 13.2. The number of alkyl halides is 2. The SMILES string of the molecule is Nc1cc([N+](=O)[O-])c(CC(=O)O)c(C(F)F)n1. The summed E-state index contributed by atoms with van der Waals surface area (Å²) >= 11 is 0. The van der Waals surface area contributed by atoms with E-state index in [1.54, 1.807) is 0 Å². The summed E-state index contributed by atoms with van der Waals surface area (Å²) in [4.78, 5) is 23.4. The molecule has 1 rings (SSSR count). The first-order chi connectivity index (χ1) is 7.82. The molecule has 0 aliphatic rings. The van der Waals surface area contributed by atoms with Gasteiger partial charge in [-0.3, -0.25) is 14.9 Å². The van der Waals surface area contributed by atoms with Gasteiger partial charge in [0.05, 0.1) is 23.0 Å². The molecule has 0 saturated heterocycles. The average Bonchev–Trinajstić information content (AvgIpc) is 2.18. The molecule has 92 valence electrons. The van der Waals surface area contributed by atoms with Crippen molar-refractivity contribution in [3.8, 4) is 0 Å². The highest BCUT2D eigenvalue weighted by atomic mass is 19.3. The van der Waals surface area contributed by atoms with E-state index in [1.165, 1.54) is 0 Å². The number of hydrogen-bond donors (Lipinski definition) is 2. The van der Waals surface area contributed by atoms with Crippen molar-refractivity contribution in [1.82, 2.24) is 4.98 Å². The predicted octanol–water partition coefficient (Wildman–Crippen LogP) is 1.14. The summed E-state index contributed by atoms with van der Waals surface area (Å²) in [5.74, 6) is -1.93. The number of halogens is 2. The lowest BCUT2D eigenvalue weighted by Gasteiger charge is -2.07. The van der Waals surface area contributed by atoms with Crippen LogP contribution >= 0.6 is 0 Å². The van der Waals surface area contributed by atoms with Crippen LogP contribution in [0.4, 0.5) is 20.3 Å². The fourth-order valence-corrected chi connectivity index (χ4v) is 1.27. The standard InChI is InChI=1S/C8H7F2N3O4/c9-8(10)7-3(1-6(14)15)4(13(16)17)2-5(11)12-7/h2,8H,1H2,(H2,11,12)(H,14,15). The summed E-state index contributed by atoms with van der Waals surface area (Å²) in [6, 6.07) is 0.754. The molecule has 0 aromatic carbocycles. The minimum atomic E-state index is -3.13. The largest absolute Gasteiger partial charge is 0.481 e. The molecule has 1 aromatic heterocycles. The second kappa shape index (κ2) is 4.68.